The number of amides is 1. The van der Waals surface area contributed by atoms with Crippen LogP contribution in [0.4, 0.5) is 5.00 Å². The molecule has 128 valence electrons. The minimum atomic E-state index is -0.622. The summed E-state index contributed by atoms with van der Waals surface area (Å²) >= 11 is 7.26. The molecule has 1 aromatic heterocycles. The number of nitrogens with zero attached hydrogens (tertiary/aromatic N) is 1. The van der Waals surface area contributed by atoms with Crippen molar-refractivity contribution in [3.05, 3.63) is 50.9 Å². The number of aryl methyl sites for hydroxylation is 1. The molecule has 0 aliphatic heterocycles. The first-order valence-corrected chi connectivity index (χ1v) is 9.05. The molecule has 0 bridgehead atoms. The first-order valence-electron chi connectivity index (χ1n) is 7.85. The van der Waals surface area contributed by atoms with Crippen molar-refractivity contribution in [2.75, 3.05) is 11.9 Å². The fourth-order valence-electron chi connectivity index (χ4n) is 2.76. The highest BCUT2D eigenvalue weighted by Gasteiger charge is 2.22. The van der Waals surface area contributed by atoms with Gasteiger partial charge in [-0.3, -0.25) is 4.79 Å². The number of carbonyl (C=O) groups excluding carboxylic acids is 2. The zero-order valence-electron chi connectivity index (χ0n) is 13.3. The van der Waals surface area contributed by atoms with Gasteiger partial charge in [0.15, 0.2) is 6.61 Å². The molecule has 0 atom stereocenters. The van der Waals surface area contributed by atoms with E-state index in [0.29, 0.717) is 15.6 Å². The lowest BCUT2D eigenvalue weighted by Crippen LogP contribution is -2.20. The van der Waals surface area contributed by atoms with E-state index in [-0.39, 0.29) is 5.56 Å². The fourth-order valence-corrected chi connectivity index (χ4v) is 4.21. The Hall–Kier alpha value is -2.36. The average molecular weight is 375 g/mol. The number of anilines is 1. The van der Waals surface area contributed by atoms with Crippen molar-refractivity contribution in [3.8, 4) is 6.07 Å². The molecule has 25 heavy (non-hydrogen) atoms. The molecule has 1 amide bonds. The number of hydrogen-bond acceptors (Lipinski definition) is 5. The zero-order valence-corrected chi connectivity index (χ0v) is 14.9. The second-order valence-corrected chi connectivity index (χ2v) is 7.20. The Labute approximate surface area is 154 Å². The number of nitrogens with one attached hydrogen (secondary N) is 1. The summed E-state index contributed by atoms with van der Waals surface area (Å²) in [5.41, 5.74) is 1.86. The maximum atomic E-state index is 12.1. The quantitative estimate of drug-likeness (QED) is 0.822. The van der Waals surface area contributed by atoms with Gasteiger partial charge in [-0.25, -0.2) is 4.79 Å². The number of halogens is 1. The molecule has 0 fully saturated rings. The van der Waals surface area contributed by atoms with Gasteiger partial charge in [0, 0.05) is 9.90 Å². The lowest BCUT2D eigenvalue weighted by Gasteiger charge is -2.09. The molecule has 1 heterocycles. The Morgan fingerprint density at radius 1 is 1.32 bits per heavy atom. The van der Waals surface area contributed by atoms with Crippen molar-refractivity contribution in [1.29, 1.82) is 5.26 Å². The highest BCUT2D eigenvalue weighted by atomic mass is 35.5. The summed E-state index contributed by atoms with van der Waals surface area (Å²) in [6, 6.07) is 8.50. The third kappa shape index (κ3) is 4.01. The van der Waals surface area contributed by atoms with Gasteiger partial charge in [0.05, 0.1) is 11.1 Å². The van der Waals surface area contributed by atoms with Gasteiger partial charge >= 0.3 is 5.97 Å². The van der Waals surface area contributed by atoms with Gasteiger partial charge in [0.2, 0.25) is 0 Å². The number of nitriles is 1. The van der Waals surface area contributed by atoms with Crippen molar-refractivity contribution in [2.45, 2.75) is 25.7 Å². The van der Waals surface area contributed by atoms with Gasteiger partial charge < -0.3 is 10.1 Å². The number of fused-ring (bicyclic) bond motifs is 1. The van der Waals surface area contributed by atoms with E-state index in [1.165, 1.54) is 17.4 Å². The topological polar surface area (TPSA) is 79.2 Å². The molecule has 2 aromatic rings. The van der Waals surface area contributed by atoms with E-state index >= 15 is 0 Å². The van der Waals surface area contributed by atoms with Crippen LogP contribution in [0.15, 0.2) is 24.3 Å². The highest BCUT2D eigenvalue weighted by molar-refractivity contribution is 7.16. The van der Waals surface area contributed by atoms with E-state index in [9.17, 15) is 14.9 Å². The number of ether oxygens (including phenoxy) is 1. The Morgan fingerprint density at radius 2 is 2.12 bits per heavy atom. The van der Waals surface area contributed by atoms with Crippen LogP contribution < -0.4 is 5.32 Å². The molecule has 1 N–H and O–H groups in total. The molecule has 0 saturated heterocycles. The monoisotopic (exact) mass is 374 g/mol. The van der Waals surface area contributed by atoms with E-state index in [1.54, 1.807) is 18.2 Å². The summed E-state index contributed by atoms with van der Waals surface area (Å²) in [6.07, 6.45) is 3.97. The van der Waals surface area contributed by atoms with E-state index in [0.717, 1.165) is 36.1 Å². The Balaban J connectivity index is 1.63. The van der Waals surface area contributed by atoms with Gasteiger partial charge in [0.1, 0.15) is 11.1 Å². The van der Waals surface area contributed by atoms with Crippen molar-refractivity contribution in [2.24, 2.45) is 0 Å². The maximum absolute atomic E-state index is 12.1. The van der Waals surface area contributed by atoms with E-state index in [1.807, 2.05) is 0 Å². The van der Waals surface area contributed by atoms with Crippen LogP contribution in [0.25, 0.3) is 0 Å². The molecule has 0 unspecified atom stereocenters. The maximum Gasteiger partial charge on any atom is 0.338 e. The molecule has 3 rings (SSSR count). The fraction of sp³-hybridized carbons (Fsp3) is 0.278. The lowest BCUT2D eigenvalue weighted by atomic mass is 9.96. The Bertz CT molecular complexity index is 870. The van der Waals surface area contributed by atoms with Crippen molar-refractivity contribution >= 4 is 39.8 Å². The summed E-state index contributed by atoms with van der Waals surface area (Å²) in [5.74, 6) is -1.09. The van der Waals surface area contributed by atoms with Gasteiger partial charge in [0.25, 0.3) is 5.91 Å². The standard InChI is InChI=1S/C18H15ClN2O3S/c19-12-5-3-4-11(8-12)18(23)24-10-16(22)21-17-14(9-20)13-6-1-2-7-15(13)25-17/h3-5,8H,1-2,6-7,10H2,(H,21,22). The largest absolute Gasteiger partial charge is 0.452 e. The molecular weight excluding hydrogens is 360 g/mol. The molecule has 1 aliphatic rings. The summed E-state index contributed by atoms with van der Waals surface area (Å²) in [5, 5.41) is 13.0. The van der Waals surface area contributed by atoms with Gasteiger partial charge in [-0.2, -0.15) is 5.26 Å². The average Bonchev–Trinajstić information content (AvgIpc) is 2.96. The Morgan fingerprint density at radius 3 is 2.88 bits per heavy atom. The SMILES string of the molecule is N#Cc1c(NC(=O)COC(=O)c2cccc(Cl)c2)sc2c1CCCC2. The van der Waals surface area contributed by atoms with Crippen LogP contribution in [-0.2, 0) is 22.4 Å². The van der Waals surface area contributed by atoms with Crippen LogP contribution in [0.2, 0.25) is 5.02 Å². The summed E-state index contributed by atoms with van der Waals surface area (Å²) in [4.78, 5) is 25.2. The molecule has 7 heteroatoms. The zero-order chi connectivity index (χ0) is 17.8. The number of esters is 1. The summed E-state index contributed by atoms with van der Waals surface area (Å²) < 4.78 is 5.00. The number of benzene rings is 1. The van der Waals surface area contributed by atoms with Crippen LogP contribution in [0.3, 0.4) is 0 Å². The highest BCUT2D eigenvalue weighted by Crippen LogP contribution is 2.37. The minimum absolute atomic E-state index is 0.282. The first-order chi connectivity index (χ1) is 12.1. The van der Waals surface area contributed by atoms with Crippen molar-refractivity contribution in [3.63, 3.8) is 0 Å². The van der Waals surface area contributed by atoms with Crippen LogP contribution in [0.5, 0.6) is 0 Å². The second kappa shape index (κ2) is 7.68. The molecule has 1 aliphatic carbocycles. The van der Waals surface area contributed by atoms with E-state index < -0.39 is 18.5 Å². The number of thiophene rings is 1. The number of hydrogen-bond donors (Lipinski definition) is 1. The summed E-state index contributed by atoms with van der Waals surface area (Å²) in [6.45, 7) is -0.418. The van der Waals surface area contributed by atoms with Gasteiger partial charge in [-0.1, -0.05) is 17.7 Å². The predicted molar refractivity (Wildman–Crippen MR) is 96.0 cm³/mol. The Kier molecular flexibility index (Phi) is 5.37. The molecular formula is C18H15ClN2O3S. The normalized spacial score (nSPS) is 12.8. The van der Waals surface area contributed by atoms with Crippen LogP contribution in [-0.4, -0.2) is 18.5 Å². The molecule has 0 saturated carbocycles. The predicted octanol–water partition coefficient (Wildman–Crippen LogP) is 3.95. The van der Waals surface area contributed by atoms with Crippen molar-refractivity contribution < 1.29 is 14.3 Å². The molecule has 5 nitrogen and oxygen atoms in total. The van der Waals surface area contributed by atoms with Crippen molar-refractivity contribution in [1.82, 2.24) is 0 Å². The van der Waals surface area contributed by atoms with Crippen LogP contribution in [0.1, 0.15) is 39.2 Å². The number of carbonyl (C=O) groups is 2. The van der Waals surface area contributed by atoms with Crippen LogP contribution >= 0.6 is 22.9 Å². The lowest BCUT2D eigenvalue weighted by molar-refractivity contribution is -0.119. The summed E-state index contributed by atoms with van der Waals surface area (Å²) in [7, 11) is 0. The van der Waals surface area contributed by atoms with Gasteiger partial charge in [-0.05, 0) is 49.4 Å². The molecule has 1 aromatic carbocycles. The number of rotatable bonds is 4. The van der Waals surface area contributed by atoms with Crippen LogP contribution in [0, 0.1) is 11.3 Å². The smallest absolute Gasteiger partial charge is 0.338 e. The van der Waals surface area contributed by atoms with E-state index in [2.05, 4.69) is 11.4 Å². The minimum Gasteiger partial charge on any atom is -0.452 e. The molecule has 0 radical (unpaired) electrons. The second-order valence-electron chi connectivity index (χ2n) is 5.66. The molecule has 0 spiro atoms. The van der Waals surface area contributed by atoms with Gasteiger partial charge in [-0.15, -0.1) is 11.3 Å². The first kappa shape index (κ1) is 17.5. The third-order valence-electron chi connectivity index (χ3n) is 3.93. The third-order valence-corrected chi connectivity index (χ3v) is 5.37. The van der Waals surface area contributed by atoms with E-state index in [4.69, 9.17) is 16.3 Å².